The third-order valence-electron chi connectivity index (χ3n) is 11.3. The van der Waals surface area contributed by atoms with Crippen molar-refractivity contribution in [1.82, 2.24) is 4.90 Å². The number of nitrogens with zero attached hydrogens (tertiary/aromatic N) is 2. The summed E-state index contributed by atoms with van der Waals surface area (Å²) in [6.07, 6.45) is -9.07. The molecule has 2 saturated heterocycles. The molecule has 2 heterocycles. The number of alkyl halides is 6. The van der Waals surface area contributed by atoms with Crippen molar-refractivity contribution in [1.29, 1.82) is 0 Å². The maximum absolute atomic E-state index is 14.4. The van der Waals surface area contributed by atoms with E-state index in [-0.39, 0.29) is 54.6 Å². The lowest BCUT2D eigenvalue weighted by molar-refractivity contribution is -0.143. The number of benzene rings is 3. The van der Waals surface area contributed by atoms with Crippen molar-refractivity contribution in [2.45, 2.75) is 57.8 Å². The van der Waals surface area contributed by atoms with Crippen LogP contribution < -0.4 is 14.4 Å². The quantitative estimate of drug-likeness (QED) is 0.112. The second kappa shape index (κ2) is 14.2. The average molecular weight is 785 g/mol. The molecule has 2 aliphatic carbocycles. The molecule has 4 amide bonds. The van der Waals surface area contributed by atoms with Crippen LogP contribution in [-0.4, -0.2) is 47.5 Å². The fourth-order valence-corrected chi connectivity index (χ4v) is 8.45. The number of rotatable bonds is 6. The number of hydrogen-bond donors (Lipinski definition) is 0. The molecule has 4 fully saturated rings. The van der Waals surface area contributed by atoms with Crippen LogP contribution in [0.4, 0.5) is 32.0 Å². The van der Waals surface area contributed by atoms with Gasteiger partial charge in [0.2, 0.25) is 23.6 Å². The lowest BCUT2D eigenvalue weighted by Crippen LogP contribution is -2.33. The first-order valence-corrected chi connectivity index (χ1v) is 18.0. The number of amides is 4. The van der Waals surface area contributed by atoms with Crippen LogP contribution in [0, 0.1) is 42.4 Å². The number of imide groups is 2. The molecule has 2 saturated carbocycles. The van der Waals surface area contributed by atoms with Gasteiger partial charge in [-0.1, -0.05) is 23.8 Å². The van der Waals surface area contributed by atoms with Gasteiger partial charge < -0.3 is 9.47 Å². The van der Waals surface area contributed by atoms with E-state index in [4.69, 9.17) is 9.47 Å². The van der Waals surface area contributed by atoms with E-state index < -0.39 is 99.6 Å². The van der Waals surface area contributed by atoms with Crippen LogP contribution in [0.5, 0.6) is 11.5 Å². The van der Waals surface area contributed by atoms with Gasteiger partial charge in [-0.2, -0.15) is 26.3 Å². The van der Waals surface area contributed by atoms with Crippen molar-refractivity contribution in [3.63, 3.8) is 0 Å². The van der Waals surface area contributed by atoms with E-state index in [2.05, 4.69) is 0 Å². The van der Waals surface area contributed by atoms with Gasteiger partial charge >= 0.3 is 24.3 Å². The summed E-state index contributed by atoms with van der Waals surface area (Å²) in [7, 11) is 1.43. The number of aryl methyl sites for hydroxylation is 1. The van der Waals surface area contributed by atoms with E-state index >= 15 is 0 Å². The van der Waals surface area contributed by atoms with Crippen LogP contribution >= 0.6 is 0 Å². The molecule has 0 N–H and O–H groups in total. The Balaban J connectivity index is 1.00. The minimum atomic E-state index is -5.15. The minimum absolute atomic E-state index is 0.0573. The second-order valence-corrected chi connectivity index (χ2v) is 14.8. The van der Waals surface area contributed by atoms with Crippen molar-refractivity contribution in [3.05, 3.63) is 77.4 Å². The molecule has 0 aromatic heterocycles. The Labute approximate surface area is 315 Å². The zero-order valence-electron chi connectivity index (χ0n) is 29.9. The molecule has 0 radical (unpaired) electrons. The summed E-state index contributed by atoms with van der Waals surface area (Å²) in [6, 6.07) is 10.8. The number of ether oxygens (including phenoxy) is 2. The summed E-state index contributed by atoms with van der Waals surface area (Å²) in [6.45, 7) is 1.37. The molecule has 16 heteroatoms. The van der Waals surface area contributed by atoms with E-state index in [1.165, 1.54) is 44.3 Å². The third kappa shape index (κ3) is 7.05. The summed E-state index contributed by atoms with van der Waals surface area (Å²) in [5, 5.41) is 0. The summed E-state index contributed by atoms with van der Waals surface area (Å²) in [5.74, 6) is -7.58. The zero-order chi connectivity index (χ0) is 40.4. The van der Waals surface area contributed by atoms with Crippen molar-refractivity contribution in [2.75, 3.05) is 11.9 Å². The Morgan fingerprint density at radius 2 is 1.02 bits per heavy atom. The van der Waals surface area contributed by atoms with Crippen LogP contribution in [0.15, 0.2) is 60.7 Å². The van der Waals surface area contributed by atoms with Crippen LogP contribution in [-0.2, 0) is 41.1 Å². The van der Waals surface area contributed by atoms with Crippen molar-refractivity contribution < 1.29 is 64.6 Å². The lowest BCUT2D eigenvalue weighted by atomic mass is 9.75. The van der Waals surface area contributed by atoms with E-state index in [1.54, 1.807) is 0 Å². The van der Waals surface area contributed by atoms with E-state index in [9.17, 15) is 55.1 Å². The van der Waals surface area contributed by atoms with Gasteiger partial charge in [0.05, 0.1) is 52.3 Å². The predicted molar refractivity (Wildman–Crippen MR) is 183 cm³/mol. The molecule has 7 rings (SSSR count). The largest absolute Gasteiger partial charge is 0.426 e. The molecular formula is C40H34F6N2O8. The third-order valence-corrected chi connectivity index (χ3v) is 11.3. The molecule has 4 aliphatic rings. The molecule has 56 heavy (non-hydrogen) atoms. The maximum atomic E-state index is 14.4. The number of fused-ring (bicyclic) bond motifs is 2. The Bertz CT molecular complexity index is 2150. The Hall–Kier alpha value is -5.54. The van der Waals surface area contributed by atoms with Gasteiger partial charge in [-0.25, -0.2) is 0 Å². The summed E-state index contributed by atoms with van der Waals surface area (Å²) in [4.78, 5) is 79.5. The van der Waals surface area contributed by atoms with Crippen molar-refractivity contribution in [2.24, 2.45) is 35.5 Å². The van der Waals surface area contributed by atoms with Gasteiger partial charge in [0, 0.05) is 7.05 Å². The summed E-state index contributed by atoms with van der Waals surface area (Å²) >= 11 is 0. The van der Waals surface area contributed by atoms with E-state index in [0.29, 0.717) is 23.8 Å². The molecule has 6 unspecified atom stereocenters. The van der Waals surface area contributed by atoms with Gasteiger partial charge in [-0.3, -0.25) is 38.6 Å². The number of anilines is 1. The molecule has 2 aliphatic heterocycles. The van der Waals surface area contributed by atoms with E-state index in [0.717, 1.165) is 29.2 Å². The first kappa shape index (κ1) is 38.7. The average Bonchev–Trinajstić information content (AvgIpc) is 3.53. The lowest BCUT2D eigenvalue weighted by Gasteiger charge is -2.27. The van der Waals surface area contributed by atoms with Crippen LogP contribution in [0.1, 0.15) is 55.2 Å². The number of esters is 2. The first-order valence-electron chi connectivity index (χ1n) is 18.0. The smallest absolute Gasteiger partial charge is 0.417 e. The van der Waals surface area contributed by atoms with Gasteiger partial charge in [0.15, 0.2) is 0 Å². The van der Waals surface area contributed by atoms with Crippen LogP contribution in [0.2, 0.25) is 0 Å². The topological polar surface area (TPSA) is 127 Å². The highest BCUT2D eigenvalue weighted by Gasteiger charge is 2.53. The molecule has 0 bridgehead atoms. The maximum Gasteiger partial charge on any atom is 0.417 e. The van der Waals surface area contributed by atoms with Gasteiger partial charge in [0.25, 0.3) is 0 Å². The number of likely N-dealkylation sites (tertiary alicyclic amines) is 1. The Kier molecular flexibility index (Phi) is 9.82. The fraction of sp³-hybridized carbons (Fsp3) is 0.400. The van der Waals surface area contributed by atoms with Gasteiger partial charge in [-0.05, 0) is 99.0 Å². The van der Waals surface area contributed by atoms with Crippen LogP contribution in [0.3, 0.4) is 0 Å². The van der Waals surface area contributed by atoms with Crippen molar-refractivity contribution in [3.8, 4) is 22.6 Å². The molecule has 294 valence electrons. The first-order chi connectivity index (χ1) is 26.3. The summed E-state index contributed by atoms with van der Waals surface area (Å²) in [5.41, 5.74) is -4.46. The number of carbonyl (C=O) groups excluding carboxylic acids is 6. The minimum Gasteiger partial charge on any atom is -0.426 e. The summed E-state index contributed by atoms with van der Waals surface area (Å²) < 4.78 is 95.8. The van der Waals surface area contributed by atoms with Gasteiger partial charge in [-0.15, -0.1) is 0 Å². The monoisotopic (exact) mass is 784 g/mol. The molecule has 10 nitrogen and oxygen atoms in total. The SMILES string of the molecule is Cc1ccc(-c2ccc(N3C(=O)C4CCC(C(=O)Oc5ccc(OC(=O)C6CCC7C(=O)N(C)C(=O)C7C6)cc5)CC4C3=O)cc2C(F)(F)F)c(C(F)(F)F)c1. The highest BCUT2D eigenvalue weighted by molar-refractivity contribution is 6.22. The van der Waals surface area contributed by atoms with Gasteiger partial charge in [0.1, 0.15) is 11.5 Å². The molecule has 0 spiro atoms. The van der Waals surface area contributed by atoms with E-state index in [1.807, 2.05) is 0 Å². The number of carbonyl (C=O) groups is 6. The van der Waals surface area contributed by atoms with Crippen LogP contribution in [0.25, 0.3) is 11.1 Å². The highest BCUT2D eigenvalue weighted by Crippen LogP contribution is 2.47. The molecule has 3 aromatic rings. The van der Waals surface area contributed by atoms with Crippen molar-refractivity contribution >= 4 is 41.3 Å². The zero-order valence-corrected chi connectivity index (χ0v) is 29.9. The highest BCUT2D eigenvalue weighted by atomic mass is 19.4. The second-order valence-electron chi connectivity index (χ2n) is 14.8. The Morgan fingerprint density at radius 3 is 1.54 bits per heavy atom. The number of halogens is 6. The fourth-order valence-electron chi connectivity index (χ4n) is 8.45. The standard InChI is InChI=1S/C40H34F6N2O8/c1-19-3-11-25(31(15-19)39(41,42)43)26-14-6-22(18-32(26)40(44,45)46)48-35(51)28-13-5-21(17-30(28)36(48)52)38(54)56-24-9-7-23(8-10-24)55-37(53)20-4-12-27-29(16-20)34(50)47(2)33(27)49/h3,6-11,14-15,18,20-21,27-30H,4-5,12-13,16-17H2,1-2H3. The normalized spacial score (nSPS) is 25.3. The number of hydrogen-bond acceptors (Lipinski definition) is 8. The molecule has 3 aromatic carbocycles. The Morgan fingerprint density at radius 1 is 0.589 bits per heavy atom. The molecule has 6 atom stereocenters. The predicted octanol–water partition coefficient (Wildman–Crippen LogP) is 7.15. The molecular weight excluding hydrogens is 750 g/mol.